The summed E-state index contributed by atoms with van der Waals surface area (Å²) in [7, 11) is 0. The van der Waals surface area contributed by atoms with Gasteiger partial charge in [-0.05, 0) is 34.1 Å². The summed E-state index contributed by atoms with van der Waals surface area (Å²) in [5, 5.41) is 12.5. The van der Waals surface area contributed by atoms with E-state index in [9.17, 15) is 4.79 Å². The van der Waals surface area contributed by atoms with Crippen LogP contribution in [0.4, 0.5) is 5.82 Å². The monoisotopic (exact) mass is 394 g/mol. The van der Waals surface area contributed by atoms with Crippen molar-refractivity contribution in [3.63, 3.8) is 0 Å². The lowest BCUT2D eigenvalue weighted by atomic mass is 10.2. The van der Waals surface area contributed by atoms with E-state index in [1.165, 1.54) is 0 Å². The molecule has 2 aromatic heterocycles. The van der Waals surface area contributed by atoms with Crippen LogP contribution in [0.1, 0.15) is 21.6 Å². The zero-order valence-electron chi connectivity index (χ0n) is 14.5. The summed E-state index contributed by atoms with van der Waals surface area (Å²) in [6.07, 6.45) is 3.53. The number of hydrazone groups is 1. The van der Waals surface area contributed by atoms with Gasteiger partial charge in [0.1, 0.15) is 0 Å². The number of nitrogens with one attached hydrogen (secondary N) is 1. The molecule has 0 saturated heterocycles. The Balaban J connectivity index is 1.59. The number of benzene rings is 2. The van der Waals surface area contributed by atoms with E-state index < -0.39 is 5.91 Å². The van der Waals surface area contributed by atoms with Gasteiger partial charge in [0.2, 0.25) is 11.5 Å². The van der Waals surface area contributed by atoms with Crippen LogP contribution in [0.5, 0.6) is 0 Å². The molecular weight excluding hydrogens is 380 g/mol. The minimum atomic E-state index is -0.599. The summed E-state index contributed by atoms with van der Waals surface area (Å²) in [5.41, 5.74) is 10.7. The van der Waals surface area contributed by atoms with E-state index in [0.717, 1.165) is 22.0 Å². The molecule has 0 unspecified atom stereocenters. The highest BCUT2D eigenvalue weighted by Crippen LogP contribution is 2.22. The standard InChI is InChI=1S/C19H15ClN6O2/c20-14-5-3-4-12(8-14)10-26-11-13(15-6-1-2-7-16(15)26)9-22-23-19(27)17-18(21)25-28-24-17/h1-9,11H,10H2,(H2,21,25)(H,23,27). The average molecular weight is 395 g/mol. The Bertz CT molecular complexity index is 1180. The summed E-state index contributed by atoms with van der Waals surface area (Å²) in [6.45, 7) is 0.655. The van der Waals surface area contributed by atoms with Gasteiger partial charge < -0.3 is 10.3 Å². The highest BCUT2D eigenvalue weighted by molar-refractivity contribution is 6.30. The third-order valence-electron chi connectivity index (χ3n) is 4.16. The number of halogens is 1. The number of aromatic nitrogens is 3. The second-order valence-corrected chi connectivity index (χ2v) is 6.49. The number of anilines is 1. The van der Waals surface area contributed by atoms with Crippen LogP contribution in [-0.2, 0) is 6.54 Å². The molecule has 0 radical (unpaired) electrons. The normalized spacial score (nSPS) is 11.3. The van der Waals surface area contributed by atoms with Crippen molar-refractivity contribution in [1.82, 2.24) is 20.3 Å². The van der Waals surface area contributed by atoms with E-state index in [1.54, 1.807) is 6.21 Å². The van der Waals surface area contributed by atoms with E-state index in [-0.39, 0.29) is 11.5 Å². The Labute approximate surface area is 164 Å². The Morgan fingerprint density at radius 2 is 2.11 bits per heavy atom. The molecule has 4 aromatic rings. The molecular formula is C19H15ClN6O2. The van der Waals surface area contributed by atoms with Crippen LogP contribution in [0.3, 0.4) is 0 Å². The zero-order valence-corrected chi connectivity index (χ0v) is 15.3. The average Bonchev–Trinajstić information content (AvgIpc) is 3.26. The molecule has 140 valence electrons. The third kappa shape index (κ3) is 3.58. The molecule has 0 saturated carbocycles. The van der Waals surface area contributed by atoms with Crippen LogP contribution in [0, 0.1) is 0 Å². The SMILES string of the molecule is Nc1nonc1C(=O)NN=Cc1cn(Cc2cccc(Cl)c2)c2ccccc12. The first kappa shape index (κ1) is 17.7. The van der Waals surface area contributed by atoms with Crippen molar-refractivity contribution >= 4 is 40.4 Å². The zero-order chi connectivity index (χ0) is 19.5. The number of amides is 1. The van der Waals surface area contributed by atoms with Crippen LogP contribution in [-0.4, -0.2) is 27.0 Å². The molecule has 0 aliphatic carbocycles. The number of para-hydroxylation sites is 1. The van der Waals surface area contributed by atoms with Crippen LogP contribution in [0.2, 0.25) is 5.02 Å². The quantitative estimate of drug-likeness (QED) is 0.399. The van der Waals surface area contributed by atoms with Crippen molar-refractivity contribution in [1.29, 1.82) is 0 Å². The molecule has 0 fully saturated rings. The molecule has 2 aromatic carbocycles. The predicted octanol–water partition coefficient (Wildman–Crippen LogP) is 3.07. The van der Waals surface area contributed by atoms with Gasteiger partial charge in [0.15, 0.2) is 0 Å². The maximum atomic E-state index is 12.0. The van der Waals surface area contributed by atoms with Crippen molar-refractivity contribution in [2.75, 3.05) is 5.73 Å². The number of nitrogens with zero attached hydrogens (tertiary/aromatic N) is 4. The van der Waals surface area contributed by atoms with Gasteiger partial charge in [-0.3, -0.25) is 4.79 Å². The molecule has 0 atom stereocenters. The first-order valence-electron chi connectivity index (χ1n) is 8.35. The van der Waals surface area contributed by atoms with Gasteiger partial charge in [-0.15, -0.1) is 0 Å². The Kier molecular flexibility index (Phi) is 4.77. The second-order valence-electron chi connectivity index (χ2n) is 6.06. The lowest BCUT2D eigenvalue weighted by Gasteiger charge is -2.05. The highest BCUT2D eigenvalue weighted by atomic mass is 35.5. The van der Waals surface area contributed by atoms with Crippen LogP contribution < -0.4 is 11.2 Å². The summed E-state index contributed by atoms with van der Waals surface area (Å²) in [4.78, 5) is 12.0. The van der Waals surface area contributed by atoms with Crippen LogP contribution in [0.25, 0.3) is 10.9 Å². The van der Waals surface area contributed by atoms with Gasteiger partial charge in [0.25, 0.3) is 5.91 Å². The van der Waals surface area contributed by atoms with Gasteiger partial charge in [0, 0.05) is 34.2 Å². The molecule has 0 spiro atoms. The molecule has 4 rings (SSSR count). The number of fused-ring (bicyclic) bond motifs is 1. The van der Waals surface area contributed by atoms with Crippen LogP contribution in [0.15, 0.2) is 64.5 Å². The molecule has 28 heavy (non-hydrogen) atoms. The van der Waals surface area contributed by atoms with Gasteiger partial charge in [0.05, 0.1) is 6.21 Å². The smallest absolute Gasteiger partial charge is 0.297 e. The molecule has 0 aliphatic heterocycles. The van der Waals surface area contributed by atoms with E-state index in [2.05, 4.69) is 30.0 Å². The van der Waals surface area contributed by atoms with Gasteiger partial charge in [-0.1, -0.05) is 41.9 Å². The predicted molar refractivity (Wildman–Crippen MR) is 106 cm³/mol. The number of nitrogen functional groups attached to an aromatic ring is 1. The number of carbonyl (C=O) groups is 1. The Hall–Kier alpha value is -3.65. The molecule has 9 heteroatoms. The maximum absolute atomic E-state index is 12.0. The minimum Gasteiger partial charge on any atom is -0.379 e. The van der Waals surface area contributed by atoms with E-state index in [4.69, 9.17) is 17.3 Å². The number of carbonyl (C=O) groups excluding carboxylic acids is 1. The Morgan fingerprint density at radius 1 is 1.25 bits per heavy atom. The molecule has 8 nitrogen and oxygen atoms in total. The maximum Gasteiger partial charge on any atom is 0.297 e. The molecule has 3 N–H and O–H groups in total. The summed E-state index contributed by atoms with van der Waals surface area (Å²) in [5.74, 6) is -0.691. The second kappa shape index (κ2) is 7.53. The molecule has 0 aliphatic rings. The lowest BCUT2D eigenvalue weighted by molar-refractivity contribution is 0.0946. The van der Waals surface area contributed by atoms with E-state index in [1.807, 2.05) is 54.7 Å². The van der Waals surface area contributed by atoms with Gasteiger partial charge >= 0.3 is 0 Å². The first-order chi connectivity index (χ1) is 13.6. The van der Waals surface area contributed by atoms with Crippen molar-refractivity contribution in [2.45, 2.75) is 6.54 Å². The van der Waals surface area contributed by atoms with E-state index in [0.29, 0.717) is 11.6 Å². The Morgan fingerprint density at radius 3 is 2.89 bits per heavy atom. The fraction of sp³-hybridized carbons (Fsp3) is 0.0526. The first-order valence-corrected chi connectivity index (χ1v) is 8.73. The van der Waals surface area contributed by atoms with Crippen molar-refractivity contribution in [3.05, 3.63) is 76.6 Å². The number of nitrogens with two attached hydrogens (primary N) is 1. The highest BCUT2D eigenvalue weighted by Gasteiger charge is 2.15. The third-order valence-corrected chi connectivity index (χ3v) is 4.40. The summed E-state index contributed by atoms with van der Waals surface area (Å²) < 4.78 is 6.51. The van der Waals surface area contributed by atoms with Crippen molar-refractivity contribution in [2.24, 2.45) is 5.10 Å². The summed E-state index contributed by atoms with van der Waals surface area (Å²) >= 11 is 6.09. The largest absolute Gasteiger partial charge is 0.379 e. The molecule has 2 heterocycles. The summed E-state index contributed by atoms with van der Waals surface area (Å²) in [6, 6.07) is 15.7. The molecule has 0 bridgehead atoms. The fourth-order valence-corrected chi connectivity index (χ4v) is 3.12. The van der Waals surface area contributed by atoms with Gasteiger partial charge in [-0.25, -0.2) is 10.1 Å². The minimum absolute atomic E-state index is 0.0918. The number of rotatable bonds is 5. The fourth-order valence-electron chi connectivity index (χ4n) is 2.91. The molecule has 1 amide bonds. The van der Waals surface area contributed by atoms with Crippen LogP contribution >= 0.6 is 11.6 Å². The van der Waals surface area contributed by atoms with E-state index >= 15 is 0 Å². The number of hydrogen-bond acceptors (Lipinski definition) is 6. The number of hydrogen-bond donors (Lipinski definition) is 2. The topological polar surface area (TPSA) is 111 Å². The van der Waals surface area contributed by atoms with Crippen molar-refractivity contribution < 1.29 is 9.42 Å². The van der Waals surface area contributed by atoms with Crippen molar-refractivity contribution in [3.8, 4) is 0 Å². The van der Waals surface area contributed by atoms with Gasteiger partial charge in [-0.2, -0.15) is 5.10 Å². The lowest BCUT2D eigenvalue weighted by Crippen LogP contribution is -2.19.